The molecule has 1 aromatic rings. The van der Waals surface area contributed by atoms with Gasteiger partial charge < -0.3 is 5.32 Å². The lowest BCUT2D eigenvalue weighted by molar-refractivity contribution is 0.0953. The Hall–Kier alpha value is -1.16. The van der Waals surface area contributed by atoms with Gasteiger partial charge in [-0.05, 0) is 39.0 Å². The summed E-state index contributed by atoms with van der Waals surface area (Å²) < 4.78 is 0. The molecule has 0 aromatic carbocycles. The van der Waals surface area contributed by atoms with Gasteiger partial charge in [-0.25, -0.2) is 4.98 Å². The Kier molecular flexibility index (Phi) is 4.31. The van der Waals surface area contributed by atoms with Crippen LogP contribution in [0.25, 0.3) is 0 Å². The monoisotopic (exact) mass is 250 g/mol. The molecule has 1 heterocycles. The number of carbonyl (C=O) groups excluding carboxylic acids is 1. The highest BCUT2D eigenvalue weighted by Gasteiger charge is 2.09. The van der Waals surface area contributed by atoms with E-state index in [1.807, 2.05) is 12.3 Å². The van der Waals surface area contributed by atoms with Gasteiger partial charge in [-0.15, -0.1) is 11.3 Å². The summed E-state index contributed by atoms with van der Waals surface area (Å²) in [7, 11) is 0. The van der Waals surface area contributed by atoms with Crippen molar-refractivity contribution in [3.63, 3.8) is 0 Å². The van der Waals surface area contributed by atoms with Gasteiger partial charge in [-0.2, -0.15) is 0 Å². The van der Waals surface area contributed by atoms with Crippen LogP contribution in [0.15, 0.2) is 17.0 Å². The smallest absolute Gasteiger partial charge is 0.280 e. The average Bonchev–Trinajstić information content (AvgIpc) is 2.77. The van der Waals surface area contributed by atoms with Crippen LogP contribution in [-0.4, -0.2) is 17.4 Å². The maximum absolute atomic E-state index is 11.7. The quantitative estimate of drug-likeness (QED) is 0.834. The molecule has 4 heteroatoms. The molecule has 1 amide bonds. The highest BCUT2D eigenvalue weighted by molar-refractivity contribution is 7.11. The van der Waals surface area contributed by atoms with Gasteiger partial charge in [0, 0.05) is 17.6 Å². The normalized spacial score (nSPS) is 15.5. The molecule has 1 aliphatic rings. The molecule has 1 aliphatic carbocycles. The molecule has 0 fully saturated rings. The first-order chi connectivity index (χ1) is 8.25. The summed E-state index contributed by atoms with van der Waals surface area (Å²) in [6.45, 7) is 2.63. The zero-order valence-electron chi connectivity index (χ0n) is 10.2. The molecule has 3 nitrogen and oxygen atoms in total. The molecule has 1 N–H and O–H groups in total. The Morgan fingerprint density at radius 3 is 3.06 bits per heavy atom. The third kappa shape index (κ3) is 3.66. The number of thiazole rings is 1. The predicted octanol–water partition coefficient (Wildman–Crippen LogP) is 3.07. The van der Waals surface area contributed by atoms with Crippen molar-refractivity contribution in [2.45, 2.75) is 39.0 Å². The summed E-state index contributed by atoms with van der Waals surface area (Å²) in [5.41, 5.74) is 2.40. The van der Waals surface area contributed by atoms with Crippen molar-refractivity contribution < 1.29 is 4.79 Å². The van der Waals surface area contributed by atoms with E-state index < -0.39 is 0 Å². The van der Waals surface area contributed by atoms with Crippen LogP contribution in [0.3, 0.4) is 0 Å². The van der Waals surface area contributed by atoms with E-state index in [0.29, 0.717) is 5.01 Å². The standard InChI is InChI=1S/C13H18N2OS/c1-10-9-17-13(15-10)12(16)14-8-7-11-5-3-2-4-6-11/h5,9H,2-4,6-8H2,1H3,(H,14,16). The SMILES string of the molecule is Cc1csc(C(=O)NCCC2=CCCCC2)n1. The van der Waals surface area contributed by atoms with Crippen molar-refractivity contribution in [3.05, 3.63) is 27.7 Å². The van der Waals surface area contributed by atoms with Crippen LogP contribution in [-0.2, 0) is 0 Å². The zero-order valence-corrected chi connectivity index (χ0v) is 11.0. The fourth-order valence-corrected chi connectivity index (χ4v) is 2.71. The minimum Gasteiger partial charge on any atom is -0.350 e. The molecule has 92 valence electrons. The van der Waals surface area contributed by atoms with Gasteiger partial charge in [-0.3, -0.25) is 4.79 Å². The van der Waals surface area contributed by atoms with E-state index in [1.165, 1.54) is 42.6 Å². The molecule has 0 atom stereocenters. The lowest BCUT2D eigenvalue weighted by atomic mass is 9.97. The fraction of sp³-hybridized carbons (Fsp3) is 0.538. The maximum atomic E-state index is 11.7. The number of hydrogen-bond donors (Lipinski definition) is 1. The van der Waals surface area contributed by atoms with Crippen molar-refractivity contribution in [1.82, 2.24) is 10.3 Å². The van der Waals surface area contributed by atoms with Crippen molar-refractivity contribution in [3.8, 4) is 0 Å². The van der Waals surface area contributed by atoms with Crippen LogP contribution < -0.4 is 5.32 Å². The molecule has 0 spiro atoms. The van der Waals surface area contributed by atoms with Gasteiger partial charge in [0.1, 0.15) is 0 Å². The number of carbonyl (C=O) groups is 1. The van der Waals surface area contributed by atoms with Crippen molar-refractivity contribution in [2.24, 2.45) is 0 Å². The Morgan fingerprint density at radius 2 is 2.41 bits per heavy atom. The van der Waals surface area contributed by atoms with E-state index in [1.54, 1.807) is 0 Å². The first-order valence-electron chi connectivity index (χ1n) is 6.14. The number of nitrogens with zero attached hydrogens (tertiary/aromatic N) is 1. The number of hydrogen-bond acceptors (Lipinski definition) is 3. The number of nitrogens with one attached hydrogen (secondary N) is 1. The van der Waals surface area contributed by atoms with Crippen molar-refractivity contribution in [1.29, 1.82) is 0 Å². The molecule has 0 saturated heterocycles. The van der Waals surface area contributed by atoms with Gasteiger partial charge in [0.2, 0.25) is 0 Å². The second kappa shape index (κ2) is 5.96. The van der Waals surface area contributed by atoms with Crippen LogP contribution in [0.4, 0.5) is 0 Å². The Balaban J connectivity index is 1.75. The van der Waals surface area contributed by atoms with Crippen molar-refractivity contribution >= 4 is 17.2 Å². The van der Waals surface area contributed by atoms with Crippen molar-refractivity contribution in [2.75, 3.05) is 6.54 Å². The molecule has 0 unspecified atom stereocenters. The topological polar surface area (TPSA) is 42.0 Å². The molecule has 0 bridgehead atoms. The molecule has 0 saturated carbocycles. The summed E-state index contributed by atoms with van der Waals surface area (Å²) in [5, 5.41) is 5.40. The summed E-state index contributed by atoms with van der Waals surface area (Å²) in [4.78, 5) is 15.9. The largest absolute Gasteiger partial charge is 0.350 e. The first-order valence-corrected chi connectivity index (χ1v) is 7.02. The van der Waals surface area contributed by atoms with E-state index in [9.17, 15) is 4.79 Å². The fourth-order valence-electron chi connectivity index (χ4n) is 2.00. The van der Waals surface area contributed by atoms with E-state index in [4.69, 9.17) is 0 Å². The van der Waals surface area contributed by atoms with Gasteiger partial charge in [0.15, 0.2) is 5.01 Å². The summed E-state index contributed by atoms with van der Waals surface area (Å²) in [6, 6.07) is 0. The van der Waals surface area contributed by atoms with Crippen LogP contribution >= 0.6 is 11.3 Å². The zero-order chi connectivity index (χ0) is 12.1. The van der Waals surface area contributed by atoms with Gasteiger partial charge >= 0.3 is 0 Å². The van der Waals surface area contributed by atoms with E-state index >= 15 is 0 Å². The maximum Gasteiger partial charge on any atom is 0.280 e. The molecular weight excluding hydrogens is 232 g/mol. The average molecular weight is 250 g/mol. The van der Waals surface area contributed by atoms with Crippen LogP contribution in [0.2, 0.25) is 0 Å². The lowest BCUT2D eigenvalue weighted by Gasteiger charge is -2.12. The van der Waals surface area contributed by atoms with Gasteiger partial charge in [0.25, 0.3) is 5.91 Å². The molecule has 1 aromatic heterocycles. The number of aromatic nitrogens is 1. The summed E-state index contributed by atoms with van der Waals surface area (Å²) in [5.74, 6) is -0.0421. The summed E-state index contributed by atoms with van der Waals surface area (Å²) >= 11 is 1.41. The Labute approximate surface area is 106 Å². The molecule has 0 aliphatic heterocycles. The minimum atomic E-state index is -0.0421. The summed E-state index contributed by atoms with van der Waals surface area (Å²) in [6.07, 6.45) is 8.32. The predicted molar refractivity (Wildman–Crippen MR) is 70.4 cm³/mol. The number of rotatable bonds is 4. The Bertz CT molecular complexity index is 423. The molecule has 2 rings (SSSR count). The lowest BCUT2D eigenvalue weighted by Crippen LogP contribution is -2.24. The Morgan fingerprint density at radius 1 is 1.53 bits per heavy atom. The third-order valence-electron chi connectivity index (χ3n) is 2.93. The van der Waals surface area contributed by atoms with E-state index in [0.717, 1.165) is 18.7 Å². The van der Waals surface area contributed by atoms with Gasteiger partial charge in [0.05, 0.1) is 0 Å². The molecular formula is C13H18N2OS. The van der Waals surface area contributed by atoms with Crippen LogP contribution in [0, 0.1) is 6.92 Å². The van der Waals surface area contributed by atoms with Crippen LogP contribution in [0.1, 0.15) is 47.6 Å². The highest BCUT2D eigenvalue weighted by Crippen LogP contribution is 2.19. The van der Waals surface area contributed by atoms with Gasteiger partial charge in [-0.1, -0.05) is 11.6 Å². The third-order valence-corrected chi connectivity index (χ3v) is 3.89. The second-order valence-electron chi connectivity index (χ2n) is 4.41. The highest BCUT2D eigenvalue weighted by atomic mass is 32.1. The minimum absolute atomic E-state index is 0.0421. The molecule has 0 radical (unpaired) electrons. The number of amides is 1. The van der Waals surface area contributed by atoms with E-state index in [2.05, 4.69) is 16.4 Å². The first kappa shape index (κ1) is 12.3. The van der Waals surface area contributed by atoms with E-state index in [-0.39, 0.29) is 5.91 Å². The second-order valence-corrected chi connectivity index (χ2v) is 5.27. The number of allylic oxidation sites excluding steroid dienone is 1. The molecule has 17 heavy (non-hydrogen) atoms. The number of aryl methyl sites for hydroxylation is 1. The van der Waals surface area contributed by atoms with Crippen LogP contribution in [0.5, 0.6) is 0 Å².